The molecule has 5 nitrogen and oxygen atoms in total. The van der Waals surface area contributed by atoms with E-state index in [2.05, 4.69) is 5.32 Å². The van der Waals surface area contributed by atoms with Crippen molar-refractivity contribution in [3.05, 3.63) is 35.9 Å². The fraction of sp³-hybridized carbons (Fsp3) is 0.556. The molecule has 0 heterocycles. The summed E-state index contributed by atoms with van der Waals surface area (Å²) >= 11 is 0. The van der Waals surface area contributed by atoms with Gasteiger partial charge in [0.1, 0.15) is 0 Å². The molecule has 128 valence electrons. The third kappa shape index (κ3) is 6.40. The number of nitrogens with zero attached hydrogens (tertiary/aromatic N) is 1. The Hall–Kier alpha value is -1.88. The molecule has 0 aromatic heterocycles. The maximum absolute atomic E-state index is 12.7. The van der Waals surface area contributed by atoms with Gasteiger partial charge in [0, 0.05) is 19.1 Å². The molecule has 2 atom stereocenters. The highest BCUT2D eigenvalue weighted by molar-refractivity contribution is 5.81. The van der Waals surface area contributed by atoms with Crippen LogP contribution in [0.3, 0.4) is 0 Å². The first kappa shape index (κ1) is 19.2. The molecule has 0 saturated heterocycles. The molecule has 2 amide bonds. The highest BCUT2D eigenvalue weighted by atomic mass is 16.2. The van der Waals surface area contributed by atoms with Crippen molar-refractivity contribution in [3.63, 3.8) is 0 Å². The van der Waals surface area contributed by atoms with E-state index in [9.17, 15) is 9.59 Å². The van der Waals surface area contributed by atoms with Gasteiger partial charge in [0.15, 0.2) is 12.6 Å². The van der Waals surface area contributed by atoms with Gasteiger partial charge < -0.3 is 15.1 Å². The fourth-order valence-electron chi connectivity index (χ4n) is 2.41. The van der Waals surface area contributed by atoms with Crippen LogP contribution in [-0.4, -0.2) is 48.9 Å². The van der Waals surface area contributed by atoms with E-state index in [4.69, 9.17) is 0 Å². The van der Waals surface area contributed by atoms with Gasteiger partial charge in [-0.25, -0.2) is 0 Å². The van der Waals surface area contributed by atoms with Crippen LogP contribution in [-0.2, 0) is 16.1 Å². The number of carbonyl (C=O) groups is 2. The average molecular weight is 320 g/mol. The van der Waals surface area contributed by atoms with Crippen LogP contribution >= 0.6 is 0 Å². The predicted molar refractivity (Wildman–Crippen MR) is 92.0 cm³/mol. The van der Waals surface area contributed by atoms with Crippen LogP contribution < -0.4 is 10.2 Å². The van der Waals surface area contributed by atoms with E-state index in [1.165, 1.54) is 0 Å². The number of hydrogen-bond donors (Lipinski definition) is 2. The Balaban J connectivity index is 2.63. The Kier molecular flexibility index (Phi) is 7.75. The lowest BCUT2D eigenvalue weighted by molar-refractivity contribution is -0.886. The molecule has 23 heavy (non-hydrogen) atoms. The van der Waals surface area contributed by atoms with Crippen molar-refractivity contribution < 1.29 is 14.5 Å². The number of carbonyl (C=O) groups excluding carboxylic acids is 2. The van der Waals surface area contributed by atoms with Gasteiger partial charge in [-0.05, 0) is 33.3 Å². The van der Waals surface area contributed by atoms with Crippen LogP contribution in [0.1, 0.15) is 33.3 Å². The zero-order chi connectivity index (χ0) is 17.4. The Morgan fingerprint density at radius 2 is 1.78 bits per heavy atom. The van der Waals surface area contributed by atoms with Crippen molar-refractivity contribution in [2.75, 3.05) is 20.1 Å². The molecule has 1 aromatic carbocycles. The van der Waals surface area contributed by atoms with Crippen LogP contribution in [0.15, 0.2) is 30.3 Å². The molecule has 1 aromatic rings. The minimum Gasteiger partial charge on any atom is -0.349 e. The van der Waals surface area contributed by atoms with Gasteiger partial charge in [-0.15, -0.1) is 0 Å². The number of rotatable bonds is 8. The molecule has 0 fully saturated rings. The van der Waals surface area contributed by atoms with Crippen LogP contribution in [0.25, 0.3) is 0 Å². The van der Waals surface area contributed by atoms with Crippen LogP contribution in [0.4, 0.5) is 0 Å². The summed E-state index contributed by atoms with van der Waals surface area (Å²) in [5.74, 6) is 0.0504. The van der Waals surface area contributed by atoms with Gasteiger partial charge in [-0.2, -0.15) is 0 Å². The molecule has 2 N–H and O–H groups in total. The average Bonchev–Trinajstić information content (AvgIpc) is 2.51. The number of hydrogen-bond acceptors (Lipinski definition) is 2. The van der Waals surface area contributed by atoms with Crippen molar-refractivity contribution in [3.8, 4) is 0 Å². The molecule has 1 rings (SSSR count). The van der Waals surface area contributed by atoms with E-state index in [0.717, 1.165) is 10.5 Å². The van der Waals surface area contributed by atoms with Crippen LogP contribution in [0.5, 0.6) is 0 Å². The molecule has 5 heteroatoms. The van der Waals surface area contributed by atoms with E-state index in [1.807, 2.05) is 70.0 Å². The zero-order valence-corrected chi connectivity index (χ0v) is 14.9. The second-order valence-corrected chi connectivity index (χ2v) is 6.31. The summed E-state index contributed by atoms with van der Waals surface area (Å²) in [5, 5.41) is 2.87. The number of nitrogens with one attached hydrogen (secondary N) is 2. The highest BCUT2D eigenvalue weighted by Crippen LogP contribution is 2.05. The molecule has 0 radical (unpaired) electrons. The largest absolute Gasteiger partial charge is 0.349 e. The van der Waals surface area contributed by atoms with Crippen molar-refractivity contribution in [2.24, 2.45) is 0 Å². The lowest BCUT2D eigenvalue weighted by atomic mass is 10.2. The smallest absolute Gasteiger partial charge is 0.280 e. The summed E-state index contributed by atoms with van der Waals surface area (Å²) in [7, 11) is 1.89. The van der Waals surface area contributed by atoms with Gasteiger partial charge in [0.2, 0.25) is 0 Å². The highest BCUT2D eigenvalue weighted by Gasteiger charge is 2.27. The molecule has 0 bridgehead atoms. The summed E-state index contributed by atoms with van der Waals surface area (Å²) < 4.78 is 0. The third-order valence-corrected chi connectivity index (χ3v) is 3.91. The summed E-state index contributed by atoms with van der Waals surface area (Å²) in [5.41, 5.74) is 1.12. The van der Waals surface area contributed by atoms with E-state index < -0.39 is 0 Å². The normalized spacial score (nSPS) is 13.5. The molecule has 0 spiro atoms. The zero-order valence-electron chi connectivity index (χ0n) is 14.9. The monoisotopic (exact) mass is 320 g/mol. The maximum atomic E-state index is 12.7. The third-order valence-electron chi connectivity index (χ3n) is 3.91. The first-order valence-electron chi connectivity index (χ1n) is 8.29. The molecule has 0 aliphatic rings. The second-order valence-electron chi connectivity index (χ2n) is 6.31. The summed E-state index contributed by atoms with van der Waals surface area (Å²) in [6.07, 6.45) is 0. The minimum atomic E-state index is -0.253. The van der Waals surface area contributed by atoms with E-state index in [0.29, 0.717) is 19.6 Å². The second kappa shape index (κ2) is 9.30. The lowest BCUT2D eigenvalue weighted by Crippen LogP contribution is -3.15. The van der Waals surface area contributed by atoms with Gasteiger partial charge in [-0.1, -0.05) is 30.3 Å². The quantitative estimate of drug-likeness (QED) is 0.731. The predicted octanol–water partition coefficient (Wildman–Crippen LogP) is 0.463. The Morgan fingerprint density at radius 3 is 2.30 bits per heavy atom. The molecule has 1 unspecified atom stereocenters. The van der Waals surface area contributed by atoms with Crippen molar-refractivity contribution in [1.29, 1.82) is 0 Å². The van der Waals surface area contributed by atoms with Crippen molar-refractivity contribution in [1.82, 2.24) is 10.2 Å². The Labute approximate surface area is 139 Å². The summed E-state index contributed by atoms with van der Waals surface area (Å²) in [6, 6.07) is 9.83. The number of benzene rings is 1. The SMILES string of the molecule is CCN(Cc1ccccc1)C(=O)[C@@H](C)[NH+](C)CC(=O)NC(C)C. The van der Waals surface area contributed by atoms with Crippen LogP contribution in [0.2, 0.25) is 0 Å². The van der Waals surface area contributed by atoms with Crippen LogP contribution in [0, 0.1) is 0 Å². The number of amides is 2. The number of quaternary nitrogens is 1. The first-order valence-corrected chi connectivity index (χ1v) is 8.29. The van der Waals surface area contributed by atoms with Gasteiger partial charge >= 0.3 is 0 Å². The topological polar surface area (TPSA) is 53.9 Å². The molecule has 0 aliphatic carbocycles. The van der Waals surface area contributed by atoms with Crippen molar-refractivity contribution >= 4 is 11.8 Å². The maximum Gasteiger partial charge on any atom is 0.280 e. The summed E-state index contributed by atoms with van der Waals surface area (Å²) in [4.78, 5) is 27.3. The van der Waals surface area contributed by atoms with Crippen molar-refractivity contribution in [2.45, 2.75) is 46.3 Å². The standard InChI is InChI=1S/C18H29N3O2/c1-6-21(12-16-10-8-7-9-11-16)18(23)15(4)20(5)13-17(22)19-14(2)3/h7-11,14-15H,6,12-13H2,1-5H3,(H,19,22)/p+1/t15-/m1/s1. The Bertz CT molecular complexity index is 502. The van der Waals surface area contributed by atoms with E-state index in [-0.39, 0.29) is 23.9 Å². The molecule has 0 saturated carbocycles. The van der Waals surface area contributed by atoms with Gasteiger partial charge in [-0.3, -0.25) is 9.59 Å². The molecular formula is C18H30N3O2+. The molecule has 0 aliphatic heterocycles. The lowest BCUT2D eigenvalue weighted by Gasteiger charge is -2.27. The van der Waals surface area contributed by atoms with Gasteiger partial charge in [0.05, 0.1) is 7.05 Å². The molecular weight excluding hydrogens is 290 g/mol. The van der Waals surface area contributed by atoms with Gasteiger partial charge in [0.25, 0.3) is 11.8 Å². The Morgan fingerprint density at radius 1 is 1.17 bits per heavy atom. The van der Waals surface area contributed by atoms with E-state index in [1.54, 1.807) is 0 Å². The first-order chi connectivity index (χ1) is 10.8. The van der Waals surface area contributed by atoms with E-state index >= 15 is 0 Å². The number of likely N-dealkylation sites (N-methyl/N-ethyl adjacent to an activating group) is 2. The fourth-order valence-corrected chi connectivity index (χ4v) is 2.41. The summed E-state index contributed by atoms with van der Waals surface area (Å²) in [6.45, 7) is 9.28. The minimum absolute atomic E-state index is 0.0248.